The first-order valence-corrected chi connectivity index (χ1v) is 10.5. The molecule has 2 heterocycles. The van der Waals surface area contributed by atoms with Gasteiger partial charge in [-0.25, -0.2) is 4.39 Å². The van der Waals surface area contributed by atoms with Gasteiger partial charge in [0.25, 0.3) is 5.91 Å². The number of amides is 2. The molecule has 0 N–H and O–H groups in total. The molecule has 0 saturated carbocycles. The maximum atomic E-state index is 13.1. The summed E-state index contributed by atoms with van der Waals surface area (Å²) >= 11 is 0. The molecule has 4 nitrogen and oxygen atoms in total. The Balaban J connectivity index is 1.27. The van der Waals surface area contributed by atoms with Crippen molar-refractivity contribution in [2.45, 2.75) is 31.6 Å². The summed E-state index contributed by atoms with van der Waals surface area (Å²) in [5.41, 5.74) is 1.87. The van der Waals surface area contributed by atoms with E-state index in [1.165, 1.54) is 29.8 Å². The molecule has 2 amide bonds. The van der Waals surface area contributed by atoms with E-state index in [4.69, 9.17) is 0 Å². The van der Waals surface area contributed by atoms with Gasteiger partial charge in [-0.2, -0.15) is 0 Å². The fraction of sp³-hybridized carbons (Fsp3) is 0.417. The molecule has 0 spiro atoms. The molecule has 0 aliphatic carbocycles. The largest absolute Gasteiger partial charge is 0.342 e. The lowest BCUT2D eigenvalue weighted by Crippen LogP contribution is -2.46. The Labute approximate surface area is 171 Å². The number of piperidine rings is 2. The minimum absolute atomic E-state index is 0.000503. The number of halogens is 1. The van der Waals surface area contributed by atoms with Crippen molar-refractivity contribution >= 4 is 11.8 Å². The molecule has 2 aromatic rings. The lowest BCUT2D eigenvalue weighted by molar-refractivity contribution is -0.138. The molecule has 5 heteroatoms. The van der Waals surface area contributed by atoms with Crippen molar-refractivity contribution < 1.29 is 14.0 Å². The van der Waals surface area contributed by atoms with Gasteiger partial charge in [-0.3, -0.25) is 9.59 Å². The average Bonchev–Trinajstić information content (AvgIpc) is 2.79. The van der Waals surface area contributed by atoms with Gasteiger partial charge in [0, 0.05) is 37.7 Å². The van der Waals surface area contributed by atoms with Crippen LogP contribution in [0.15, 0.2) is 54.6 Å². The first kappa shape index (κ1) is 19.6. The zero-order chi connectivity index (χ0) is 20.2. The summed E-state index contributed by atoms with van der Waals surface area (Å²) in [5.74, 6) is 0.350. The van der Waals surface area contributed by atoms with Gasteiger partial charge >= 0.3 is 0 Å². The van der Waals surface area contributed by atoms with Crippen molar-refractivity contribution in [3.63, 3.8) is 0 Å². The molecule has 0 unspecified atom stereocenters. The quantitative estimate of drug-likeness (QED) is 0.787. The number of likely N-dealkylation sites (tertiary alicyclic amines) is 2. The topological polar surface area (TPSA) is 40.6 Å². The van der Waals surface area contributed by atoms with Crippen LogP contribution in [0.3, 0.4) is 0 Å². The van der Waals surface area contributed by atoms with Gasteiger partial charge in [0.15, 0.2) is 0 Å². The van der Waals surface area contributed by atoms with Crippen molar-refractivity contribution in [3.8, 4) is 0 Å². The number of carbonyl (C=O) groups is 2. The van der Waals surface area contributed by atoms with Crippen LogP contribution in [0, 0.1) is 11.7 Å². The second-order valence-corrected chi connectivity index (χ2v) is 8.08. The summed E-state index contributed by atoms with van der Waals surface area (Å²) in [7, 11) is 0. The van der Waals surface area contributed by atoms with E-state index in [-0.39, 0.29) is 23.5 Å². The number of hydrogen-bond donors (Lipinski definition) is 0. The zero-order valence-corrected chi connectivity index (χ0v) is 16.6. The summed E-state index contributed by atoms with van der Waals surface area (Å²) < 4.78 is 13.1. The highest BCUT2D eigenvalue weighted by atomic mass is 19.1. The summed E-state index contributed by atoms with van der Waals surface area (Å²) in [6, 6.07) is 16.2. The molecule has 0 radical (unpaired) electrons. The van der Waals surface area contributed by atoms with Gasteiger partial charge in [-0.1, -0.05) is 30.3 Å². The second-order valence-electron chi connectivity index (χ2n) is 8.08. The van der Waals surface area contributed by atoms with Crippen molar-refractivity contribution in [2.24, 2.45) is 5.92 Å². The number of hydrogen-bond acceptors (Lipinski definition) is 2. The molecule has 0 aromatic heterocycles. The Kier molecular flexibility index (Phi) is 5.93. The van der Waals surface area contributed by atoms with E-state index in [1.807, 2.05) is 11.0 Å². The van der Waals surface area contributed by atoms with Crippen LogP contribution in [-0.2, 0) is 4.79 Å². The number of nitrogens with zero attached hydrogens (tertiary/aromatic N) is 2. The molecule has 0 atom stereocenters. The van der Waals surface area contributed by atoms with Crippen LogP contribution in [0.25, 0.3) is 0 Å². The zero-order valence-electron chi connectivity index (χ0n) is 16.6. The van der Waals surface area contributed by atoms with Gasteiger partial charge in [0.05, 0.1) is 0 Å². The normalized spacial score (nSPS) is 18.7. The molecule has 4 rings (SSSR count). The average molecular weight is 394 g/mol. The Morgan fingerprint density at radius 3 is 1.97 bits per heavy atom. The monoisotopic (exact) mass is 394 g/mol. The third-order valence-corrected chi connectivity index (χ3v) is 6.30. The lowest BCUT2D eigenvalue weighted by Gasteiger charge is -2.37. The summed E-state index contributed by atoms with van der Waals surface area (Å²) in [4.78, 5) is 29.3. The molecule has 2 aliphatic heterocycles. The molecule has 29 heavy (non-hydrogen) atoms. The van der Waals surface area contributed by atoms with Crippen LogP contribution in [0.5, 0.6) is 0 Å². The minimum atomic E-state index is -0.345. The summed E-state index contributed by atoms with van der Waals surface area (Å²) in [5, 5.41) is 0. The first-order chi connectivity index (χ1) is 14.1. The van der Waals surface area contributed by atoms with E-state index in [9.17, 15) is 14.0 Å². The van der Waals surface area contributed by atoms with Gasteiger partial charge in [0.1, 0.15) is 5.82 Å². The van der Waals surface area contributed by atoms with E-state index in [1.54, 1.807) is 4.90 Å². The van der Waals surface area contributed by atoms with Crippen molar-refractivity contribution in [1.82, 2.24) is 9.80 Å². The summed E-state index contributed by atoms with van der Waals surface area (Å²) in [6.07, 6.45) is 3.42. The van der Waals surface area contributed by atoms with E-state index < -0.39 is 0 Å². The second kappa shape index (κ2) is 8.76. The van der Waals surface area contributed by atoms with Crippen LogP contribution in [0.2, 0.25) is 0 Å². The van der Waals surface area contributed by atoms with E-state index in [0.717, 1.165) is 25.9 Å². The maximum absolute atomic E-state index is 13.1. The smallest absolute Gasteiger partial charge is 0.253 e. The minimum Gasteiger partial charge on any atom is -0.342 e. The fourth-order valence-corrected chi connectivity index (χ4v) is 4.52. The van der Waals surface area contributed by atoms with Crippen molar-refractivity contribution in [2.75, 3.05) is 26.2 Å². The molecule has 2 aromatic carbocycles. The Bertz CT molecular complexity index is 837. The number of rotatable bonds is 3. The van der Waals surface area contributed by atoms with Gasteiger partial charge < -0.3 is 9.80 Å². The Morgan fingerprint density at radius 2 is 1.34 bits per heavy atom. The van der Waals surface area contributed by atoms with E-state index in [2.05, 4.69) is 24.3 Å². The standard InChI is InChI=1S/C24H27FN2O2/c25-22-8-6-20(7-9-22)23(28)27-16-12-21(13-17-27)24(29)26-14-10-19(11-15-26)18-4-2-1-3-5-18/h1-9,19,21H,10-17H2. The molecule has 2 saturated heterocycles. The highest BCUT2D eigenvalue weighted by Crippen LogP contribution is 2.30. The van der Waals surface area contributed by atoms with E-state index in [0.29, 0.717) is 37.4 Å². The predicted molar refractivity (Wildman–Crippen MR) is 110 cm³/mol. The first-order valence-electron chi connectivity index (χ1n) is 10.5. The Hall–Kier alpha value is -2.69. The molecular formula is C24H27FN2O2. The van der Waals surface area contributed by atoms with Crippen LogP contribution in [0.1, 0.15) is 47.5 Å². The highest BCUT2D eigenvalue weighted by Gasteiger charge is 2.32. The highest BCUT2D eigenvalue weighted by molar-refractivity contribution is 5.94. The molecule has 2 aliphatic rings. The maximum Gasteiger partial charge on any atom is 0.253 e. The molecule has 2 fully saturated rings. The third kappa shape index (κ3) is 4.50. The van der Waals surface area contributed by atoms with Crippen LogP contribution >= 0.6 is 0 Å². The molecular weight excluding hydrogens is 367 g/mol. The van der Waals surface area contributed by atoms with Gasteiger partial charge in [-0.15, -0.1) is 0 Å². The molecule has 152 valence electrons. The van der Waals surface area contributed by atoms with Crippen LogP contribution < -0.4 is 0 Å². The van der Waals surface area contributed by atoms with Gasteiger partial charge in [-0.05, 0) is 61.4 Å². The van der Waals surface area contributed by atoms with Crippen LogP contribution in [-0.4, -0.2) is 47.8 Å². The third-order valence-electron chi connectivity index (χ3n) is 6.30. The van der Waals surface area contributed by atoms with Gasteiger partial charge in [0.2, 0.25) is 5.91 Å². The lowest BCUT2D eigenvalue weighted by atomic mass is 9.88. The number of benzene rings is 2. The Morgan fingerprint density at radius 1 is 0.759 bits per heavy atom. The predicted octanol–water partition coefficient (Wildman–Crippen LogP) is 4.08. The summed E-state index contributed by atoms with van der Waals surface area (Å²) in [6.45, 7) is 2.78. The van der Waals surface area contributed by atoms with Crippen molar-refractivity contribution in [1.29, 1.82) is 0 Å². The SMILES string of the molecule is O=C(c1ccc(F)cc1)N1CCC(C(=O)N2CCC(c3ccccc3)CC2)CC1. The van der Waals surface area contributed by atoms with E-state index >= 15 is 0 Å². The number of carbonyl (C=O) groups excluding carboxylic acids is 2. The van der Waals surface area contributed by atoms with Crippen LogP contribution in [0.4, 0.5) is 4.39 Å². The fourth-order valence-electron chi connectivity index (χ4n) is 4.52. The molecule has 0 bridgehead atoms. The van der Waals surface area contributed by atoms with Crippen molar-refractivity contribution in [3.05, 3.63) is 71.5 Å².